The Balaban J connectivity index is 2.01. The van der Waals surface area contributed by atoms with Gasteiger partial charge in [-0.25, -0.2) is 0 Å². The number of ketones is 1. The molecule has 0 saturated heterocycles. The molecular weight excluding hydrogens is 186 g/mol. The molecule has 2 rings (SSSR count). The van der Waals surface area contributed by atoms with Crippen molar-refractivity contribution in [1.29, 1.82) is 5.26 Å². The number of nitriles is 1. The second-order valence-corrected chi connectivity index (χ2v) is 4.00. The Morgan fingerprint density at radius 3 is 2.47 bits per heavy atom. The van der Waals surface area contributed by atoms with Crippen LogP contribution in [0.3, 0.4) is 0 Å². The summed E-state index contributed by atoms with van der Waals surface area (Å²) in [6, 6.07) is 10.2. The summed E-state index contributed by atoms with van der Waals surface area (Å²) in [5.41, 5.74) is 2.60. The topological polar surface area (TPSA) is 40.9 Å². The molecule has 0 atom stereocenters. The molecule has 0 N–H and O–H groups in total. The first-order valence-electron chi connectivity index (χ1n) is 5.27. The van der Waals surface area contributed by atoms with Crippen molar-refractivity contribution in [3.8, 4) is 6.07 Å². The van der Waals surface area contributed by atoms with Crippen molar-refractivity contribution >= 4 is 5.78 Å². The zero-order valence-electron chi connectivity index (χ0n) is 8.57. The molecule has 0 saturated carbocycles. The molecule has 0 amide bonds. The van der Waals surface area contributed by atoms with E-state index in [1.807, 2.05) is 18.2 Å². The Morgan fingerprint density at radius 2 is 1.93 bits per heavy atom. The molecule has 1 aliphatic rings. The van der Waals surface area contributed by atoms with Gasteiger partial charge in [-0.2, -0.15) is 5.26 Å². The Bertz CT molecular complexity index is 392. The van der Waals surface area contributed by atoms with Crippen molar-refractivity contribution in [3.05, 3.63) is 35.4 Å². The molecule has 0 spiro atoms. The summed E-state index contributed by atoms with van der Waals surface area (Å²) >= 11 is 0. The van der Waals surface area contributed by atoms with Crippen LogP contribution in [0.5, 0.6) is 0 Å². The van der Waals surface area contributed by atoms with Crippen molar-refractivity contribution < 1.29 is 4.79 Å². The lowest BCUT2D eigenvalue weighted by molar-refractivity contribution is -0.122. The summed E-state index contributed by atoms with van der Waals surface area (Å²) in [6.07, 6.45) is 2.49. The van der Waals surface area contributed by atoms with Crippen LogP contribution in [0.1, 0.15) is 24.0 Å². The van der Waals surface area contributed by atoms with Gasteiger partial charge in [0.1, 0.15) is 5.78 Å². The predicted molar refractivity (Wildman–Crippen MR) is 57.2 cm³/mol. The average molecular weight is 199 g/mol. The minimum absolute atomic E-state index is 0.121. The van der Waals surface area contributed by atoms with E-state index in [0.29, 0.717) is 12.8 Å². The van der Waals surface area contributed by atoms with Crippen molar-refractivity contribution in [3.63, 3.8) is 0 Å². The van der Waals surface area contributed by atoms with Crippen LogP contribution in [-0.2, 0) is 17.6 Å². The van der Waals surface area contributed by atoms with Crippen LogP contribution in [0, 0.1) is 17.2 Å². The number of carbonyl (C=O) groups excluding carboxylic acids is 1. The number of rotatable bonds is 3. The Morgan fingerprint density at radius 1 is 1.33 bits per heavy atom. The molecule has 1 aromatic carbocycles. The normalized spacial score (nSPS) is 14.6. The zero-order valence-corrected chi connectivity index (χ0v) is 8.57. The minimum atomic E-state index is 0.121. The average Bonchev–Trinajstić information content (AvgIpc) is 2.69. The highest BCUT2D eigenvalue weighted by molar-refractivity contribution is 5.82. The van der Waals surface area contributed by atoms with Gasteiger partial charge in [0.15, 0.2) is 0 Å². The van der Waals surface area contributed by atoms with Gasteiger partial charge in [-0.1, -0.05) is 24.3 Å². The number of nitrogens with zero attached hydrogens (tertiary/aromatic N) is 1. The van der Waals surface area contributed by atoms with Gasteiger partial charge in [0.05, 0.1) is 6.07 Å². The predicted octanol–water partition coefficient (Wildman–Crippen LogP) is 2.27. The van der Waals surface area contributed by atoms with Gasteiger partial charge in [-0.05, 0) is 24.0 Å². The Labute approximate surface area is 89.5 Å². The van der Waals surface area contributed by atoms with E-state index in [1.165, 1.54) is 11.1 Å². The van der Waals surface area contributed by atoms with Crippen molar-refractivity contribution in [1.82, 2.24) is 0 Å². The van der Waals surface area contributed by atoms with Gasteiger partial charge in [0.2, 0.25) is 0 Å². The van der Waals surface area contributed by atoms with E-state index in [1.54, 1.807) is 0 Å². The molecule has 2 nitrogen and oxygen atoms in total. The van der Waals surface area contributed by atoms with Crippen molar-refractivity contribution in [2.24, 2.45) is 5.92 Å². The van der Waals surface area contributed by atoms with Gasteiger partial charge in [0, 0.05) is 18.8 Å². The summed E-state index contributed by atoms with van der Waals surface area (Å²) in [5, 5.41) is 8.43. The first-order valence-corrected chi connectivity index (χ1v) is 5.27. The summed E-state index contributed by atoms with van der Waals surface area (Å²) in [6.45, 7) is 0. The molecule has 0 bridgehead atoms. The third-order valence-electron chi connectivity index (χ3n) is 2.99. The molecule has 0 fully saturated rings. The fraction of sp³-hybridized carbons (Fsp3) is 0.385. The number of hydrogen-bond donors (Lipinski definition) is 0. The second kappa shape index (κ2) is 4.27. The number of benzene rings is 1. The Hall–Kier alpha value is -1.62. The quantitative estimate of drug-likeness (QED) is 0.749. The molecule has 0 aliphatic heterocycles. The number of fused-ring (bicyclic) bond motifs is 1. The van der Waals surface area contributed by atoms with Crippen LogP contribution < -0.4 is 0 Å². The molecule has 0 heterocycles. The Kier molecular flexibility index (Phi) is 2.82. The van der Waals surface area contributed by atoms with E-state index in [9.17, 15) is 4.79 Å². The molecular formula is C13H13NO. The van der Waals surface area contributed by atoms with Crippen LogP contribution in [0.2, 0.25) is 0 Å². The van der Waals surface area contributed by atoms with Gasteiger partial charge >= 0.3 is 0 Å². The van der Waals surface area contributed by atoms with Crippen LogP contribution in [0.15, 0.2) is 24.3 Å². The lowest BCUT2D eigenvalue weighted by Gasteiger charge is -2.04. The lowest BCUT2D eigenvalue weighted by Crippen LogP contribution is -2.14. The zero-order chi connectivity index (χ0) is 10.7. The van der Waals surface area contributed by atoms with Gasteiger partial charge < -0.3 is 0 Å². The highest BCUT2D eigenvalue weighted by Crippen LogP contribution is 2.27. The van der Waals surface area contributed by atoms with E-state index in [0.717, 1.165) is 12.8 Å². The van der Waals surface area contributed by atoms with Crippen LogP contribution in [-0.4, -0.2) is 5.78 Å². The summed E-state index contributed by atoms with van der Waals surface area (Å²) in [4.78, 5) is 11.7. The lowest BCUT2D eigenvalue weighted by atomic mass is 9.98. The van der Waals surface area contributed by atoms with E-state index < -0.39 is 0 Å². The summed E-state index contributed by atoms with van der Waals surface area (Å²) in [7, 11) is 0. The van der Waals surface area contributed by atoms with Crippen molar-refractivity contribution in [2.45, 2.75) is 25.7 Å². The van der Waals surface area contributed by atoms with E-state index in [4.69, 9.17) is 5.26 Å². The van der Waals surface area contributed by atoms with E-state index >= 15 is 0 Å². The number of hydrogen-bond acceptors (Lipinski definition) is 2. The minimum Gasteiger partial charge on any atom is -0.299 e. The molecule has 15 heavy (non-hydrogen) atoms. The van der Waals surface area contributed by atoms with E-state index in [2.05, 4.69) is 12.1 Å². The third-order valence-corrected chi connectivity index (χ3v) is 2.99. The SMILES string of the molecule is N#CCCC(=O)C1Cc2ccccc2C1. The molecule has 0 aromatic heterocycles. The molecule has 0 radical (unpaired) electrons. The van der Waals surface area contributed by atoms with E-state index in [-0.39, 0.29) is 11.7 Å². The maximum Gasteiger partial charge on any atom is 0.137 e. The molecule has 2 heteroatoms. The largest absolute Gasteiger partial charge is 0.299 e. The van der Waals surface area contributed by atoms with Gasteiger partial charge in [-0.3, -0.25) is 4.79 Å². The number of Topliss-reactive ketones (excluding diaryl/α,β-unsaturated/α-hetero) is 1. The molecule has 76 valence electrons. The van der Waals surface area contributed by atoms with Gasteiger partial charge in [0.25, 0.3) is 0 Å². The molecule has 0 unspecified atom stereocenters. The highest BCUT2D eigenvalue weighted by atomic mass is 16.1. The summed E-state index contributed by atoms with van der Waals surface area (Å²) in [5.74, 6) is 0.364. The van der Waals surface area contributed by atoms with Crippen LogP contribution >= 0.6 is 0 Å². The van der Waals surface area contributed by atoms with Crippen molar-refractivity contribution in [2.75, 3.05) is 0 Å². The third kappa shape index (κ3) is 2.07. The fourth-order valence-corrected chi connectivity index (χ4v) is 2.17. The smallest absolute Gasteiger partial charge is 0.137 e. The van der Waals surface area contributed by atoms with Crippen LogP contribution in [0.25, 0.3) is 0 Å². The monoisotopic (exact) mass is 199 g/mol. The first-order chi connectivity index (χ1) is 7.31. The second-order valence-electron chi connectivity index (χ2n) is 4.00. The first kappa shape index (κ1) is 9.92. The summed E-state index contributed by atoms with van der Waals surface area (Å²) < 4.78 is 0. The number of carbonyl (C=O) groups is 1. The molecule has 1 aliphatic carbocycles. The highest BCUT2D eigenvalue weighted by Gasteiger charge is 2.26. The molecule has 1 aromatic rings. The standard InChI is InChI=1S/C13H13NO/c14-7-3-6-13(15)12-8-10-4-1-2-5-11(10)9-12/h1-2,4-5,12H,3,6,8-9H2. The van der Waals surface area contributed by atoms with Crippen LogP contribution in [0.4, 0.5) is 0 Å². The maximum absolute atomic E-state index is 11.7. The maximum atomic E-state index is 11.7. The fourth-order valence-electron chi connectivity index (χ4n) is 2.17. The van der Waals surface area contributed by atoms with Gasteiger partial charge in [-0.15, -0.1) is 0 Å².